The van der Waals surface area contributed by atoms with E-state index in [1.54, 1.807) is 4.90 Å². The van der Waals surface area contributed by atoms with Gasteiger partial charge < -0.3 is 4.90 Å². The van der Waals surface area contributed by atoms with E-state index in [-0.39, 0.29) is 10.5 Å². The first kappa shape index (κ1) is 15.3. The Morgan fingerprint density at radius 3 is 2.75 bits per heavy atom. The van der Waals surface area contributed by atoms with Gasteiger partial charge in [0, 0.05) is 23.8 Å². The minimum Gasteiger partial charge on any atom is -0.338 e. The number of hydrogen-bond acceptors (Lipinski definition) is 3. The van der Waals surface area contributed by atoms with Crippen molar-refractivity contribution in [3.05, 3.63) is 29.6 Å². The summed E-state index contributed by atoms with van der Waals surface area (Å²) >= 11 is 0. The summed E-state index contributed by atoms with van der Waals surface area (Å²) < 4.78 is 36.3. The highest BCUT2D eigenvalue weighted by atomic mass is 35.7. The van der Waals surface area contributed by atoms with E-state index in [4.69, 9.17) is 10.7 Å². The standard InChI is InChI=1S/C13H15ClFNO3S/c1-9-3-2-6-16(8-9)13(17)11-7-10(20(14,18)19)4-5-12(11)15/h4-5,7,9H,2-3,6,8H2,1H3. The molecule has 1 fully saturated rings. The van der Waals surface area contributed by atoms with Crippen molar-refractivity contribution in [2.24, 2.45) is 5.92 Å². The average Bonchev–Trinajstić information content (AvgIpc) is 2.37. The third-order valence-corrected chi connectivity index (χ3v) is 4.75. The number of amides is 1. The van der Waals surface area contributed by atoms with Crippen molar-refractivity contribution in [1.29, 1.82) is 0 Å². The van der Waals surface area contributed by atoms with Crippen molar-refractivity contribution in [2.75, 3.05) is 13.1 Å². The first-order valence-corrected chi connectivity index (χ1v) is 8.63. The molecule has 0 radical (unpaired) electrons. The molecule has 1 heterocycles. The van der Waals surface area contributed by atoms with Crippen LogP contribution < -0.4 is 0 Å². The fourth-order valence-electron chi connectivity index (χ4n) is 2.36. The molecule has 1 aromatic carbocycles. The second kappa shape index (κ2) is 5.69. The molecular formula is C13H15ClFNO3S. The normalized spacial score (nSPS) is 19.9. The van der Waals surface area contributed by atoms with Crippen LogP contribution >= 0.6 is 10.7 Å². The van der Waals surface area contributed by atoms with Gasteiger partial charge in [0.05, 0.1) is 10.5 Å². The monoisotopic (exact) mass is 319 g/mol. The third-order valence-electron chi connectivity index (χ3n) is 3.39. The number of hydrogen-bond donors (Lipinski definition) is 0. The Morgan fingerprint density at radius 2 is 2.15 bits per heavy atom. The molecule has 20 heavy (non-hydrogen) atoms. The van der Waals surface area contributed by atoms with Crippen LogP contribution in [-0.4, -0.2) is 32.3 Å². The molecule has 0 aliphatic carbocycles. The van der Waals surface area contributed by atoms with Gasteiger partial charge in [0.2, 0.25) is 0 Å². The summed E-state index contributed by atoms with van der Waals surface area (Å²) in [7, 11) is 1.24. The van der Waals surface area contributed by atoms with Crippen molar-refractivity contribution in [1.82, 2.24) is 4.90 Å². The Hall–Kier alpha value is -1.14. The number of rotatable bonds is 2. The van der Waals surface area contributed by atoms with Gasteiger partial charge in [0.15, 0.2) is 0 Å². The molecule has 1 saturated heterocycles. The zero-order valence-electron chi connectivity index (χ0n) is 11.0. The van der Waals surface area contributed by atoms with E-state index < -0.39 is 20.8 Å². The first-order valence-electron chi connectivity index (χ1n) is 6.32. The molecule has 1 aliphatic heterocycles. The number of halogens is 2. The molecule has 0 spiro atoms. The van der Waals surface area contributed by atoms with Gasteiger partial charge in [0.1, 0.15) is 5.82 Å². The Morgan fingerprint density at radius 1 is 1.45 bits per heavy atom. The van der Waals surface area contributed by atoms with Crippen LogP contribution in [0.3, 0.4) is 0 Å². The van der Waals surface area contributed by atoms with Crippen LogP contribution in [0.2, 0.25) is 0 Å². The molecular weight excluding hydrogens is 305 g/mol. The summed E-state index contributed by atoms with van der Waals surface area (Å²) in [6.45, 7) is 3.13. The summed E-state index contributed by atoms with van der Waals surface area (Å²) in [5.74, 6) is -0.871. The predicted octanol–water partition coefficient (Wildman–Crippen LogP) is 2.63. The summed E-state index contributed by atoms with van der Waals surface area (Å²) in [5.41, 5.74) is -0.249. The second-order valence-corrected chi connectivity index (χ2v) is 7.64. The van der Waals surface area contributed by atoms with Gasteiger partial charge in [-0.3, -0.25) is 4.79 Å². The van der Waals surface area contributed by atoms with Crippen LogP contribution in [0.25, 0.3) is 0 Å². The predicted molar refractivity (Wildman–Crippen MR) is 73.7 cm³/mol. The quantitative estimate of drug-likeness (QED) is 0.787. The Labute approximate surface area is 121 Å². The van der Waals surface area contributed by atoms with Crippen LogP contribution in [0.1, 0.15) is 30.1 Å². The van der Waals surface area contributed by atoms with Crippen LogP contribution in [0, 0.1) is 11.7 Å². The van der Waals surface area contributed by atoms with Gasteiger partial charge in [0.25, 0.3) is 15.0 Å². The zero-order valence-corrected chi connectivity index (χ0v) is 12.5. The maximum Gasteiger partial charge on any atom is 0.261 e. The molecule has 0 bridgehead atoms. The second-order valence-electron chi connectivity index (χ2n) is 5.08. The molecule has 110 valence electrons. The molecule has 1 aromatic rings. The van der Waals surface area contributed by atoms with Gasteiger partial charge in [-0.15, -0.1) is 0 Å². The largest absolute Gasteiger partial charge is 0.338 e. The first-order chi connectivity index (χ1) is 9.29. The van der Waals surface area contributed by atoms with E-state index >= 15 is 0 Å². The number of nitrogens with zero attached hydrogens (tertiary/aromatic N) is 1. The Balaban J connectivity index is 2.34. The number of carbonyl (C=O) groups excluding carboxylic acids is 1. The lowest BCUT2D eigenvalue weighted by Gasteiger charge is -2.31. The molecule has 1 unspecified atom stereocenters. The minimum absolute atomic E-state index is 0.249. The van der Waals surface area contributed by atoms with Crippen LogP contribution in [-0.2, 0) is 9.05 Å². The van der Waals surface area contributed by atoms with E-state index in [0.29, 0.717) is 19.0 Å². The zero-order chi connectivity index (χ0) is 14.9. The lowest BCUT2D eigenvalue weighted by molar-refractivity contribution is 0.0678. The molecule has 0 aromatic heterocycles. The van der Waals surface area contributed by atoms with E-state index in [1.807, 2.05) is 6.92 Å². The van der Waals surface area contributed by atoms with Gasteiger partial charge in [-0.05, 0) is 37.0 Å². The van der Waals surface area contributed by atoms with Crippen molar-refractivity contribution >= 4 is 25.6 Å². The van der Waals surface area contributed by atoms with Crippen LogP contribution in [0.15, 0.2) is 23.1 Å². The topological polar surface area (TPSA) is 54.5 Å². The Bertz CT molecular complexity index is 633. The highest BCUT2D eigenvalue weighted by molar-refractivity contribution is 8.13. The lowest BCUT2D eigenvalue weighted by atomic mass is 9.99. The molecule has 4 nitrogen and oxygen atoms in total. The SMILES string of the molecule is CC1CCCN(C(=O)c2cc(S(=O)(=O)Cl)ccc2F)C1. The summed E-state index contributed by atoms with van der Waals surface area (Å²) in [5, 5.41) is 0. The van der Waals surface area contributed by atoms with Crippen molar-refractivity contribution in [2.45, 2.75) is 24.7 Å². The molecule has 1 amide bonds. The maximum atomic E-state index is 13.8. The highest BCUT2D eigenvalue weighted by Crippen LogP contribution is 2.22. The molecule has 0 saturated carbocycles. The highest BCUT2D eigenvalue weighted by Gasteiger charge is 2.25. The number of carbonyl (C=O) groups is 1. The minimum atomic E-state index is -3.98. The van der Waals surface area contributed by atoms with Gasteiger partial charge in [-0.1, -0.05) is 6.92 Å². The van der Waals surface area contributed by atoms with Gasteiger partial charge >= 0.3 is 0 Å². The van der Waals surface area contributed by atoms with E-state index in [9.17, 15) is 17.6 Å². The van der Waals surface area contributed by atoms with Crippen LogP contribution in [0.5, 0.6) is 0 Å². The van der Waals surface area contributed by atoms with Gasteiger partial charge in [-0.2, -0.15) is 0 Å². The van der Waals surface area contributed by atoms with Gasteiger partial charge in [-0.25, -0.2) is 12.8 Å². The summed E-state index contributed by atoms with van der Waals surface area (Å²) in [4.78, 5) is 13.6. The summed E-state index contributed by atoms with van der Waals surface area (Å²) in [6.07, 6.45) is 1.89. The molecule has 7 heteroatoms. The fourth-order valence-corrected chi connectivity index (χ4v) is 3.14. The molecule has 2 rings (SSSR count). The third kappa shape index (κ3) is 3.30. The van der Waals surface area contributed by atoms with E-state index in [2.05, 4.69) is 0 Å². The van der Waals surface area contributed by atoms with E-state index in [0.717, 1.165) is 31.0 Å². The van der Waals surface area contributed by atoms with E-state index in [1.165, 1.54) is 0 Å². The van der Waals surface area contributed by atoms with Crippen molar-refractivity contribution in [3.63, 3.8) is 0 Å². The maximum absolute atomic E-state index is 13.8. The number of piperidine rings is 1. The lowest BCUT2D eigenvalue weighted by Crippen LogP contribution is -2.39. The average molecular weight is 320 g/mol. The fraction of sp³-hybridized carbons (Fsp3) is 0.462. The van der Waals surface area contributed by atoms with Crippen molar-refractivity contribution in [3.8, 4) is 0 Å². The van der Waals surface area contributed by atoms with Crippen LogP contribution in [0.4, 0.5) is 4.39 Å². The summed E-state index contributed by atoms with van der Waals surface area (Å²) in [6, 6.07) is 3.00. The smallest absolute Gasteiger partial charge is 0.261 e. The molecule has 1 atom stereocenters. The molecule has 0 N–H and O–H groups in total. The Kier molecular flexibility index (Phi) is 4.34. The number of benzene rings is 1. The number of likely N-dealkylation sites (tertiary alicyclic amines) is 1. The van der Waals surface area contributed by atoms with Crippen molar-refractivity contribution < 1.29 is 17.6 Å². The molecule has 1 aliphatic rings.